The van der Waals surface area contributed by atoms with E-state index in [2.05, 4.69) is 9.72 Å². The van der Waals surface area contributed by atoms with Gasteiger partial charge in [0.2, 0.25) is 0 Å². The molecule has 0 bridgehead atoms. The molecule has 0 saturated heterocycles. The fourth-order valence-electron chi connectivity index (χ4n) is 0.935. The van der Waals surface area contributed by atoms with E-state index in [0.717, 1.165) is 5.56 Å². The van der Waals surface area contributed by atoms with Crippen molar-refractivity contribution in [3.05, 3.63) is 36.2 Å². The summed E-state index contributed by atoms with van der Waals surface area (Å²) >= 11 is 0. The van der Waals surface area contributed by atoms with E-state index in [1.54, 1.807) is 24.5 Å². The number of hydrogen-bond acceptors (Lipinski definition) is 4. The monoisotopic (exact) mass is 193 g/mol. The third kappa shape index (κ3) is 2.58. The van der Waals surface area contributed by atoms with Crippen LogP contribution in [0.5, 0.6) is 0 Å². The predicted molar refractivity (Wildman–Crippen MR) is 51.2 cm³/mol. The lowest BCUT2D eigenvalue weighted by Gasteiger charge is -2.04. The van der Waals surface area contributed by atoms with E-state index in [1.807, 2.05) is 0 Å². The Hall–Kier alpha value is -1.84. The summed E-state index contributed by atoms with van der Waals surface area (Å²) in [6, 6.07) is 3.56. The quantitative estimate of drug-likeness (QED) is 0.411. The molecular weight excluding hydrogens is 182 g/mol. The number of rotatable bonds is 3. The first kappa shape index (κ1) is 10.2. The highest BCUT2D eigenvalue weighted by atomic mass is 16.5. The van der Waals surface area contributed by atoms with Crippen LogP contribution in [0, 0.1) is 0 Å². The average Bonchev–Trinajstić information content (AvgIpc) is 2.26. The van der Waals surface area contributed by atoms with E-state index in [4.69, 9.17) is 4.74 Å². The predicted octanol–water partition coefficient (Wildman–Crippen LogP) is 1.24. The summed E-state index contributed by atoms with van der Waals surface area (Å²) < 4.78 is 9.52. The summed E-state index contributed by atoms with van der Waals surface area (Å²) in [6.07, 6.45) is 4.53. The lowest BCUT2D eigenvalue weighted by molar-refractivity contribution is -0.134. The molecule has 0 unspecified atom stereocenters. The van der Waals surface area contributed by atoms with Gasteiger partial charge in [0, 0.05) is 18.0 Å². The molecule has 74 valence electrons. The van der Waals surface area contributed by atoms with Crippen LogP contribution in [0.25, 0.3) is 5.76 Å². The summed E-state index contributed by atoms with van der Waals surface area (Å²) in [5, 5.41) is 0. The second kappa shape index (κ2) is 5.01. The molecule has 4 heteroatoms. The number of methoxy groups -OCH3 is 2. The zero-order chi connectivity index (χ0) is 10.4. The molecule has 0 N–H and O–H groups in total. The molecule has 0 aliphatic carbocycles. The van der Waals surface area contributed by atoms with Gasteiger partial charge in [-0.3, -0.25) is 4.98 Å². The SMILES string of the molecule is COC(=O)/C=C(/OC)c1cccnc1. The molecule has 0 aromatic carbocycles. The molecule has 1 aromatic heterocycles. The van der Waals surface area contributed by atoms with Gasteiger partial charge in [0.1, 0.15) is 5.76 Å². The molecule has 0 amide bonds. The van der Waals surface area contributed by atoms with Crippen LogP contribution in [0.3, 0.4) is 0 Å². The van der Waals surface area contributed by atoms with Crippen molar-refractivity contribution in [1.29, 1.82) is 0 Å². The second-order valence-electron chi connectivity index (χ2n) is 2.48. The molecular formula is C10H11NO3. The third-order valence-electron chi connectivity index (χ3n) is 1.62. The first-order valence-electron chi connectivity index (χ1n) is 4.02. The molecule has 1 aromatic rings. The Morgan fingerprint density at radius 3 is 2.71 bits per heavy atom. The normalized spacial score (nSPS) is 10.9. The van der Waals surface area contributed by atoms with Gasteiger partial charge >= 0.3 is 5.97 Å². The Morgan fingerprint density at radius 2 is 2.21 bits per heavy atom. The zero-order valence-corrected chi connectivity index (χ0v) is 8.06. The molecule has 0 atom stereocenters. The fraction of sp³-hybridized carbons (Fsp3) is 0.200. The molecule has 14 heavy (non-hydrogen) atoms. The minimum atomic E-state index is -0.453. The number of hydrogen-bond donors (Lipinski definition) is 0. The van der Waals surface area contributed by atoms with Gasteiger partial charge in [0.25, 0.3) is 0 Å². The Kier molecular flexibility index (Phi) is 3.67. The second-order valence-corrected chi connectivity index (χ2v) is 2.48. The lowest BCUT2D eigenvalue weighted by Crippen LogP contribution is -1.98. The number of nitrogens with zero attached hydrogens (tertiary/aromatic N) is 1. The van der Waals surface area contributed by atoms with E-state index >= 15 is 0 Å². The Bertz CT molecular complexity index is 332. The zero-order valence-electron chi connectivity index (χ0n) is 8.06. The van der Waals surface area contributed by atoms with Gasteiger partial charge in [0.15, 0.2) is 0 Å². The maximum Gasteiger partial charge on any atom is 0.334 e. The van der Waals surface area contributed by atoms with Gasteiger partial charge < -0.3 is 9.47 Å². The minimum Gasteiger partial charge on any atom is -0.496 e. The van der Waals surface area contributed by atoms with Crippen LogP contribution in [0.2, 0.25) is 0 Å². The molecule has 1 heterocycles. The smallest absolute Gasteiger partial charge is 0.334 e. The van der Waals surface area contributed by atoms with Crippen LogP contribution in [-0.4, -0.2) is 25.2 Å². The van der Waals surface area contributed by atoms with Crippen LogP contribution in [-0.2, 0) is 14.3 Å². The number of carbonyl (C=O) groups is 1. The maximum atomic E-state index is 11.0. The van der Waals surface area contributed by atoms with E-state index in [0.29, 0.717) is 5.76 Å². The fourth-order valence-corrected chi connectivity index (χ4v) is 0.935. The first-order chi connectivity index (χ1) is 6.77. The number of pyridine rings is 1. The van der Waals surface area contributed by atoms with Gasteiger partial charge in [-0.05, 0) is 12.1 Å². The first-order valence-corrected chi connectivity index (χ1v) is 4.02. The Morgan fingerprint density at radius 1 is 1.43 bits per heavy atom. The summed E-state index contributed by atoms with van der Waals surface area (Å²) in [6.45, 7) is 0. The standard InChI is InChI=1S/C10H11NO3/c1-13-9(6-10(12)14-2)8-4-3-5-11-7-8/h3-7H,1-2H3/b9-6+. The summed E-state index contributed by atoms with van der Waals surface area (Å²) in [7, 11) is 2.80. The van der Waals surface area contributed by atoms with Crippen molar-refractivity contribution in [2.24, 2.45) is 0 Å². The number of aromatic nitrogens is 1. The highest BCUT2D eigenvalue weighted by Crippen LogP contribution is 2.12. The van der Waals surface area contributed by atoms with Crippen molar-refractivity contribution >= 4 is 11.7 Å². The van der Waals surface area contributed by atoms with Crippen molar-refractivity contribution in [2.75, 3.05) is 14.2 Å². The van der Waals surface area contributed by atoms with Crippen LogP contribution in [0.1, 0.15) is 5.56 Å². The summed E-state index contributed by atoms with van der Waals surface area (Å²) in [4.78, 5) is 14.9. The largest absolute Gasteiger partial charge is 0.496 e. The summed E-state index contributed by atoms with van der Waals surface area (Å²) in [5.41, 5.74) is 0.736. The molecule has 1 rings (SSSR count). The molecule has 0 saturated carbocycles. The van der Waals surface area contributed by atoms with Crippen molar-refractivity contribution in [2.45, 2.75) is 0 Å². The van der Waals surface area contributed by atoms with E-state index < -0.39 is 5.97 Å². The minimum absolute atomic E-state index is 0.435. The van der Waals surface area contributed by atoms with Crippen molar-refractivity contribution < 1.29 is 14.3 Å². The van der Waals surface area contributed by atoms with Gasteiger partial charge in [-0.2, -0.15) is 0 Å². The van der Waals surface area contributed by atoms with Crippen LogP contribution < -0.4 is 0 Å². The molecule has 0 radical (unpaired) electrons. The van der Waals surface area contributed by atoms with Gasteiger partial charge in [0.05, 0.1) is 20.3 Å². The highest BCUT2D eigenvalue weighted by Gasteiger charge is 2.04. The van der Waals surface area contributed by atoms with E-state index in [1.165, 1.54) is 20.3 Å². The number of esters is 1. The van der Waals surface area contributed by atoms with Crippen LogP contribution >= 0.6 is 0 Å². The van der Waals surface area contributed by atoms with E-state index in [-0.39, 0.29) is 0 Å². The topological polar surface area (TPSA) is 48.4 Å². The third-order valence-corrected chi connectivity index (χ3v) is 1.62. The van der Waals surface area contributed by atoms with Crippen molar-refractivity contribution in [1.82, 2.24) is 4.98 Å². The van der Waals surface area contributed by atoms with Gasteiger partial charge in [-0.25, -0.2) is 4.79 Å². The molecule has 4 nitrogen and oxygen atoms in total. The molecule has 0 spiro atoms. The average molecular weight is 193 g/mol. The van der Waals surface area contributed by atoms with Crippen LogP contribution in [0.4, 0.5) is 0 Å². The highest BCUT2D eigenvalue weighted by molar-refractivity contribution is 5.89. The maximum absolute atomic E-state index is 11.0. The van der Waals surface area contributed by atoms with Crippen LogP contribution in [0.15, 0.2) is 30.6 Å². The Labute approximate surface area is 82.2 Å². The van der Waals surface area contributed by atoms with Crippen molar-refractivity contribution in [3.8, 4) is 0 Å². The van der Waals surface area contributed by atoms with E-state index in [9.17, 15) is 4.79 Å². The lowest BCUT2D eigenvalue weighted by atomic mass is 10.2. The number of carbonyl (C=O) groups excluding carboxylic acids is 1. The molecule has 0 aliphatic rings. The Balaban J connectivity index is 2.93. The molecule has 0 fully saturated rings. The van der Waals surface area contributed by atoms with Crippen molar-refractivity contribution in [3.63, 3.8) is 0 Å². The van der Waals surface area contributed by atoms with Gasteiger partial charge in [-0.15, -0.1) is 0 Å². The number of ether oxygens (including phenoxy) is 2. The summed E-state index contributed by atoms with van der Waals surface area (Å²) in [5.74, 6) is -0.0179. The molecule has 0 aliphatic heterocycles. The van der Waals surface area contributed by atoms with Gasteiger partial charge in [-0.1, -0.05) is 0 Å².